The Kier molecular flexibility index (Phi) is 6.98. The molecule has 0 bridgehead atoms. The fraction of sp³-hybridized carbons (Fsp3) is 0.480. The quantitative estimate of drug-likeness (QED) is 0.228. The van der Waals surface area contributed by atoms with E-state index in [2.05, 4.69) is 6.92 Å². The van der Waals surface area contributed by atoms with E-state index >= 15 is 0 Å². The van der Waals surface area contributed by atoms with E-state index in [1.54, 1.807) is 6.92 Å². The van der Waals surface area contributed by atoms with E-state index in [0.29, 0.717) is 11.1 Å². The zero-order valence-corrected chi connectivity index (χ0v) is 18.7. The lowest BCUT2D eigenvalue weighted by molar-refractivity contribution is -0.159. The van der Waals surface area contributed by atoms with Crippen LogP contribution in [0.4, 0.5) is 0 Å². The normalized spacial score (nSPS) is 18.5. The molecule has 1 unspecified atom stereocenters. The predicted molar refractivity (Wildman–Crippen MR) is 116 cm³/mol. The minimum absolute atomic E-state index is 0.273. The minimum Gasteiger partial charge on any atom is -0.468 e. The first-order valence-corrected chi connectivity index (χ1v) is 10.9. The highest BCUT2D eigenvalue weighted by Crippen LogP contribution is 2.69. The van der Waals surface area contributed by atoms with Crippen LogP contribution in [0.5, 0.6) is 0 Å². The van der Waals surface area contributed by atoms with Crippen LogP contribution in [-0.4, -0.2) is 38.7 Å². The van der Waals surface area contributed by atoms with Gasteiger partial charge in [-0.1, -0.05) is 56.5 Å². The maximum absolute atomic E-state index is 12.9. The van der Waals surface area contributed by atoms with Crippen molar-refractivity contribution in [1.29, 1.82) is 0 Å². The molecule has 0 aliphatic heterocycles. The van der Waals surface area contributed by atoms with Gasteiger partial charge in [-0.2, -0.15) is 0 Å². The highest BCUT2D eigenvalue weighted by molar-refractivity contribution is 6.28. The fourth-order valence-electron chi connectivity index (χ4n) is 4.46. The summed E-state index contributed by atoms with van der Waals surface area (Å²) in [5.41, 5.74) is 1.90. The summed E-state index contributed by atoms with van der Waals surface area (Å²) in [4.78, 5) is 38.5. The second kappa shape index (κ2) is 9.50. The number of esters is 3. The van der Waals surface area contributed by atoms with Crippen LogP contribution in [0.15, 0.2) is 47.1 Å². The number of unbranched alkanes of at least 4 members (excludes halogenated alkanes) is 3. The molecule has 0 saturated carbocycles. The highest BCUT2D eigenvalue weighted by atomic mass is 16.5. The summed E-state index contributed by atoms with van der Waals surface area (Å²) in [7, 11) is 2.50. The Balaban J connectivity index is 2.05. The van der Waals surface area contributed by atoms with Crippen LogP contribution in [0.1, 0.15) is 51.5 Å². The summed E-state index contributed by atoms with van der Waals surface area (Å²) in [6.07, 6.45) is 4.98. The number of methoxy groups -OCH3 is 2. The number of carbonyl (C=O) groups is 3. The fourth-order valence-corrected chi connectivity index (χ4v) is 4.46. The Hall–Kier alpha value is -2.89. The molecule has 6 nitrogen and oxygen atoms in total. The number of ether oxygens (including phenoxy) is 3. The lowest BCUT2D eigenvalue weighted by Crippen LogP contribution is -2.33. The molecule has 6 heteroatoms. The first-order valence-electron chi connectivity index (χ1n) is 10.9. The molecule has 2 aliphatic rings. The van der Waals surface area contributed by atoms with E-state index in [4.69, 9.17) is 14.2 Å². The maximum atomic E-state index is 12.9. The maximum Gasteiger partial charge on any atom is 0.332 e. The molecule has 1 aromatic rings. The summed E-state index contributed by atoms with van der Waals surface area (Å²) >= 11 is 0. The van der Waals surface area contributed by atoms with Crippen molar-refractivity contribution in [2.45, 2.75) is 46.0 Å². The van der Waals surface area contributed by atoms with E-state index in [9.17, 15) is 14.4 Å². The molecule has 0 radical (unpaired) electrons. The number of benzene rings is 1. The smallest absolute Gasteiger partial charge is 0.332 e. The SMILES string of the molecule is CCCCCCC1=C(C2=C(c3ccccc3)C2(C(=O)OC)C(=O)OC)C1C(=O)OCC. The third-order valence-corrected chi connectivity index (χ3v) is 5.97. The Morgan fingerprint density at radius 1 is 0.903 bits per heavy atom. The molecule has 31 heavy (non-hydrogen) atoms. The summed E-state index contributed by atoms with van der Waals surface area (Å²) in [6.45, 7) is 4.18. The van der Waals surface area contributed by atoms with Gasteiger partial charge in [-0.25, -0.2) is 0 Å². The van der Waals surface area contributed by atoms with E-state index in [-0.39, 0.29) is 12.6 Å². The zero-order chi connectivity index (χ0) is 22.6. The van der Waals surface area contributed by atoms with E-state index in [0.717, 1.165) is 48.8 Å². The lowest BCUT2D eigenvalue weighted by atomic mass is 9.93. The van der Waals surface area contributed by atoms with Crippen molar-refractivity contribution in [2.75, 3.05) is 20.8 Å². The second-order valence-electron chi connectivity index (χ2n) is 7.78. The average Bonchev–Trinajstić information content (AvgIpc) is 3.68. The highest BCUT2D eigenvalue weighted by Gasteiger charge is 2.71. The number of carbonyl (C=O) groups excluding carboxylic acids is 3. The summed E-state index contributed by atoms with van der Waals surface area (Å²) < 4.78 is 15.3. The van der Waals surface area contributed by atoms with Crippen molar-refractivity contribution < 1.29 is 28.6 Å². The summed E-state index contributed by atoms with van der Waals surface area (Å²) in [5.74, 6) is -2.23. The lowest BCUT2D eigenvalue weighted by Gasteiger charge is -2.15. The van der Waals surface area contributed by atoms with Gasteiger partial charge in [-0.05, 0) is 47.6 Å². The molecule has 0 fully saturated rings. The van der Waals surface area contributed by atoms with Crippen LogP contribution in [0.3, 0.4) is 0 Å². The number of hydrogen-bond acceptors (Lipinski definition) is 6. The minimum atomic E-state index is -1.63. The summed E-state index contributed by atoms with van der Waals surface area (Å²) in [6, 6.07) is 9.22. The van der Waals surface area contributed by atoms with E-state index < -0.39 is 23.3 Å². The molecular weight excluding hydrogens is 396 g/mol. The van der Waals surface area contributed by atoms with Gasteiger partial charge in [0.15, 0.2) is 0 Å². The number of hydrogen-bond donors (Lipinski definition) is 0. The van der Waals surface area contributed by atoms with Crippen molar-refractivity contribution >= 4 is 23.5 Å². The van der Waals surface area contributed by atoms with Gasteiger partial charge in [0.05, 0.1) is 20.8 Å². The standard InChI is InChI=1S/C25H30O6/c1-5-7-8-12-15-17-18(19(17)22(26)31-6-2)21-20(16-13-10-9-11-14-16)25(21,23(27)29-3)24(28)30-4/h9-11,13-14,19H,5-8,12,15H2,1-4H3. The van der Waals surface area contributed by atoms with Crippen LogP contribution >= 0.6 is 0 Å². The first kappa shape index (κ1) is 22.8. The zero-order valence-electron chi connectivity index (χ0n) is 18.7. The number of rotatable bonds is 11. The molecule has 0 aromatic heterocycles. The summed E-state index contributed by atoms with van der Waals surface area (Å²) in [5, 5.41) is 0. The molecular formula is C25H30O6. The van der Waals surface area contributed by atoms with Crippen LogP contribution in [0, 0.1) is 11.3 Å². The van der Waals surface area contributed by atoms with Crippen LogP contribution < -0.4 is 0 Å². The van der Waals surface area contributed by atoms with Crippen LogP contribution in [0.2, 0.25) is 0 Å². The largest absolute Gasteiger partial charge is 0.468 e. The van der Waals surface area contributed by atoms with Crippen molar-refractivity contribution in [3.05, 3.63) is 52.6 Å². The van der Waals surface area contributed by atoms with Crippen molar-refractivity contribution in [2.24, 2.45) is 11.3 Å². The third kappa shape index (κ3) is 3.91. The Morgan fingerprint density at radius 2 is 1.55 bits per heavy atom. The van der Waals surface area contributed by atoms with Gasteiger partial charge in [0.25, 0.3) is 0 Å². The predicted octanol–water partition coefficient (Wildman–Crippen LogP) is 4.25. The van der Waals surface area contributed by atoms with Gasteiger partial charge >= 0.3 is 17.9 Å². The molecule has 1 atom stereocenters. The van der Waals surface area contributed by atoms with Crippen molar-refractivity contribution in [3.8, 4) is 0 Å². The topological polar surface area (TPSA) is 78.9 Å². The van der Waals surface area contributed by atoms with Gasteiger partial charge in [-0.15, -0.1) is 0 Å². The van der Waals surface area contributed by atoms with Gasteiger partial charge in [-0.3, -0.25) is 14.4 Å². The molecule has 0 saturated heterocycles. The molecule has 0 spiro atoms. The average molecular weight is 427 g/mol. The van der Waals surface area contributed by atoms with Gasteiger partial charge in [0, 0.05) is 0 Å². The Morgan fingerprint density at radius 3 is 2.10 bits per heavy atom. The van der Waals surface area contributed by atoms with Crippen molar-refractivity contribution in [1.82, 2.24) is 0 Å². The Labute approximate surface area is 183 Å². The van der Waals surface area contributed by atoms with Crippen LogP contribution in [-0.2, 0) is 28.6 Å². The van der Waals surface area contributed by atoms with Gasteiger partial charge in [0.1, 0.15) is 5.92 Å². The molecule has 1 aromatic carbocycles. The third-order valence-electron chi connectivity index (χ3n) is 5.97. The molecule has 166 valence electrons. The van der Waals surface area contributed by atoms with E-state index in [1.807, 2.05) is 30.3 Å². The molecule has 0 heterocycles. The van der Waals surface area contributed by atoms with Crippen LogP contribution in [0.25, 0.3) is 5.57 Å². The van der Waals surface area contributed by atoms with Gasteiger partial charge in [0.2, 0.25) is 5.41 Å². The van der Waals surface area contributed by atoms with Crippen molar-refractivity contribution in [3.63, 3.8) is 0 Å². The van der Waals surface area contributed by atoms with Gasteiger partial charge < -0.3 is 14.2 Å². The first-order chi connectivity index (χ1) is 15.0. The Bertz CT molecular complexity index is 909. The van der Waals surface area contributed by atoms with E-state index in [1.165, 1.54) is 14.2 Å². The monoisotopic (exact) mass is 426 g/mol. The molecule has 2 aliphatic carbocycles. The molecule has 3 rings (SSSR count). The second-order valence-corrected chi connectivity index (χ2v) is 7.78. The molecule has 0 amide bonds. The molecule has 0 N–H and O–H groups in total.